The molecule has 0 radical (unpaired) electrons. The molecule has 3 rings (SSSR count). The summed E-state index contributed by atoms with van der Waals surface area (Å²) in [4.78, 5) is 24.2. The number of carbonyl (C=O) groups is 2. The van der Waals surface area contributed by atoms with Crippen LogP contribution in [0.25, 0.3) is 0 Å². The summed E-state index contributed by atoms with van der Waals surface area (Å²) in [6.07, 6.45) is 4.23. The molecule has 2 N–H and O–H groups in total. The summed E-state index contributed by atoms with van der Waals surface area (Å²) in [5, 5.41) is 5.20. The van der Waals surface area contributed by atoms with E-state index in [1.807, 2.05) is 30.3 Å². The molecule has 0 bridgehead atoms. The van der Waals surface area contributed by atoms with Crippen molar-refractivity contribution in [2.75, 3.05) is 19.6 Å². The van der Waals surface area contributed by atoms with Crippen LogP contribution >= 0.6 is 0 Å². The summed E-state index contributed by atoms with van der Waals surface area (Å²) < 4.78 is 40.7. The zero-order chi connectivity index (χ0) is 23.7. The highest BCUT2D eigenvalue weighted by molar-refractivity contribution is 7.89. The molecule has 0 spiro atoms. The van der Waals surface area contributed by atoms with E-state index in [1.165, 1.54) is 22.0 Å². The molecule has 1 heterocycles. The molecule has 33 heavy (non-hydrogen) atoms. The number of sulfonamides is 1. The van der Waals surface area contributed by atoms with Crippen LogP contribution < -0.4 is 10.6 Å². The number of benzene rings is 2. The highest BCUT2D eigenvalue weighted by Gasteiger charge is 2.33. The maximum absolute atomic E-state index is 13.2. The summed E-state index contributed by atoms with van der Waals surface area (Å²) in [7, 11) is -3.76. The van der Waals surface area contributed by atoms with Crippen LogP contribution in [-0.4, -0.2) is 50.2 Å². The van der Waals surface area contributed by atoms with Crippen molar-refractivity contribution in [1.29, 1.82) is 0 Å². The van der Waals surface area contributed by atoms with Gasteiger partial charge in [-0.15, -0.1) is 0 Å². The zero-order valence-corrected chi connectivity index (χ0v) is 19.3. The SMILES string of the molecule is O=C(NCCCc1ccccc1)C(=O)NCC[C@@H]1CCCCN1S(=O)(=O)c1ccc(F)cc1. The van der Waals surface area contributed by atoms with Gasteiger partial charge in [-0.25, -0.2) is 12.8 Å². The Kier molecular flexibility index (Phi) is 8.96. The molecule has 2 aromatic carbocycles. The van der Waals surface area contributed by atoms with Gasteiger partial charge in [-0.2, -0.15) is 4.31 Å². The van der Waals surface area contributed by atoms with Crippen LogP contribution in [0.1, 0.15) is 37.7 Å². The number of hydrogen-bond donors (Lipinski definition) is 2. The Labute approximate surface area is 194 Å². The third-order valence-electron chi connectivity index (χ3n) is 5.73. The number of carbonyl (C=O) groups excluding carboxylic acids is 2. The highest BCUT2D eigenvalue weighted by Crippen LogP contribution is 2.27. The van der Waals surface area contributed by atoms with Gasteiger partial charge in [0.15, 0.2) is 0 Å². The number of aryl methyl sites for hydroxylation is 1. The van der Waals surface area contributed by atoms with E-state index in [-0.39, 0.29) is 17.5 Å². The monoisotopic (exact) mass is 475 g/mol. The predicted octanol–water partition coefficient (Wildman–Crippen LogP) is 2.62. The second-order valence-electron chi connectivity index (χ2n) is 8.11. The minimum absolute atomic E-state index is 0.0507. The second kappa shape index (κ2) is 11.9. The van der Waals surface area contributed by atoms with Crippen LogP contribution in [0.5, 0.6) is 0 Å². The first-order chi connectivity index (χ1) is 15.9. The lowest BCUT2D eigenvalue weighted by molar-refractivity contribution is -0.139. The van der Waals surface area contributed by atoms with Gasteiger partial charge in [-0.3, -0.25) is 9.59 Å². The van der Waals surface area contributed by atoms with E-state index in [1.54, 1.807) is 0 Å². The molecule has 0 aliphatic carbocycles. The van der Waals surface area contributed by atoms with Crippen molar-refractivity contribution >= 4 is 21.8 Å². The predicted molar refractivity (Wildman–Crippen MR) is 123 cm³/mol. The lowest BCUT2D eigenvalue weighted by Gasteiger charge is -2.34. The normalized spacial score (nSPS) is 16.8. The van der Waals surface area contributed by atoms with Gasteiger partial charge in [0.25, 0.3) is 0 Å². The minimum Gasteiger partial charge on any atom is -0.348 e. The number of nitrogens with zero attached hydrogens (tertiary/aromatic N) is 1. The topological polar surface area (TPSA) is 95.6 Å². The summed E-state index contributed by atoms with van der Waals surface area (Å²) in [5.41, 5.74) is 1.17. The molecular weight excluding hydrogens is 445 g/mol. The van der Waals surface area contributed by atoms with Gasteiger partial charge in [0, 0.05) is 25.7 Å². The van der Waals surface area contributed by atoms with Crippen molar-refractivity contribution in [1.82, 2.24) is 14.9 Å². The number of nitrogens with one attached hydrogen (secondary N) is 2. The summed E-state index contributed by atoms with van der Waals surface area (Å²) in [5.74, 6) is -1.91. The minimum atomic E-state index is -3.76. The smallest absolute Gasteiger partial charge is 0.309 e. The Bertz CT molecular complexity index is 1030. The third-order valence-corrected chi connectivity index (χ3v) is 7.70. The van der Waals surface area contributed by atoms with Gasteiger partial charge in [-0.05, 0) is 61.9 Å². The van der Waals surface area contributed by atoms with Crippen LogP contribution in [0.15, 0.2) is 59.5 Å². The lowest BCUT2D eigenvalue weighted by Crippen LogP contribution is -2.46. The maximum atomic E-state index is 13.2. The van der Waals surface area contributed by atoms with Gasteiger partial charge in [-0.1, -0.05) is 36.8 Å². The van der Waals surface area contributed by atoms with Gasteiger partial charge in [0.05, 0.1) is 4.90 Å². The summed E-state index contributed by atoms with van der Waals surface area (Å²) in [6, 6.07) is 14.4. The molecule has 9 heteroatoms. The molecule has 178 valence electrons. The zero-order valence-electron chi connectivity index (χ0n) is 18.5. The standard InChI is InChI=1S/C24H30FN3O4S/c25-20-11-13-22(14-12-20)33(31,32)28-18-5-4-10-21(28)15-17-27-24(30)23(29)26-16-6-9-19-7-2-1-3-8-19/h1-3,7-8,11-14,21H,4-6,9-10,15-18H2,(H,26,29)(H,27,30)/t21-/m0/s1. The molecule has 0 aromatic heterocycles. The molecule has 7 nitrogen and oxygen atoms in total. The third kappa shape index (κ3) is 7.10. The van der Waals surface area contributed by atoms with Crippen molar-refractivity contribution in [3.05, 3.63) is 66.0 Å². The van der Waals surface area contributed by atoms with Gasteiger partial charge < -0.3 is 10.6 Å². The molecule has 0 unspecified atom stereocenters. The Morgan fingerprint density at radius 1 is 0.939 bits per heavy atom. The van der Waals surface area contributed by atoms with E-state index in [0.29, 0.717) is 25.9 Å². The molecule has 1 atom stereocenters. The summed E-state index contributed by atoms with van der Waals surface area (Å²) in [6.45, 7) is 0.962. The van der Waals surface area contributed by atoms with E-state index < -0.39 is 27.7 Å². The molecular formula is C24H30FN3O4S. The van der Waals surface area contributed by atoms with Crippen LogP contribution in [0.3, 0.4) is 0 Å². The second-order valence-corrected chi connectivity index (χ2v) is 10.00. The summed E-state index contributed by atoms with van der Waals surface area (Å²) >= 11 is 0. The number of amides is 2. The molecule has 1 saturated heterocycles. The largest absolute Gasteiger partial charge is 0.348 e. The van der Waals surface area contributed by atoms with Crippen LogP contribution in [0, 0.1) is 5.82 Å². The maximum Gasteiger partial charge on any atom is 0.309 e. The van der Waals surface area contributed by atoms with Gasteiger partial charge >= 0.3 is 11.8 Å². The average molecular weight is 476 g/mol. The Balaban J connectivity index is 1.44. The van der Waals surface area contributed by atoms with E-state index >= 15 is 0 Å². The average Bonchev–Trinajstić information content (AvgIpc) is 2.83. The Morgan fingerprint density at radius 2 is 1.61 bits per heavy atom. The van der Waals surface area contributed by atoms with E-state index in [0.717, 1.165) is 37.8 Å². The van der Waals surface area contributed by atoms with Crippen molar-refractivity contribution < 1.29 is 22.4 Å². The highest BCUT2D eigenvalue weighted by atomic mass is 32.2. The van der Waals surface area contributed by atoms with Crippen molar-refractivity contribution in [2.45, 2.75) is 49.5 Å². The fourth-order valence-electron chi connectivity index (χ4n) is 3.97. The Hall–Kier alpha value is -2.78. The molecule has 2 aromatic rings. The number of halogens is 1. The lowest BCUT2D eigenvalue weighted by atomic mass is 10.0. The van der Waals surface area contributed by atoms with Crippen LogP contribution in [0.2, 0.25) is 0 Å². The van der Waals surface area contributed by atoms with E-state index in [9.17, 15) is 22.4 Å². The van der Waals surface area contributed by atoms with E-state index in [4.69, 9.17) is 0 Å². The van der Waals surface area contributed by atoms with Crippen LogP contribution in [0.4, 0.5) is 4.39 Å². The molecule has 0 saturated carbocycles. The number of piperidine rings is 1. The first-order valence-corrected chi connectivity index (χ1v) is 12.7. The molecule has 1 fully saturated rings. The molecule has 2 amide bonds. The quantitative estimate of drug-likeness (QED) is 0.431. The van der Waals surface area contributed by atoms with Crippen molar-refractivity contribution in [2.24, 2.45) is 0 Å². The molecule has 1 aliphatic rings. The first kappa shape index (κ1) is 24.9. The van der Waals surface area contributed by atoms with Crippen LogP contribution in [-0.2, 0) is 26.0 Å². The number of rotatable bonds is 9. The fourth-order valence-corrected chi connectivity index (χ4v) is 5.70. The molecule has 1 aliphatic heterocycles. The van der Waals surface area contributed by atoms with Gasteiger partial charge in [0.2, 0.25) is 10.0 Å². The van der Waals surface area contributed by atoms with Crippen molar-refractivity contribution in [3.63, 3.8) is 0 Å². The number of hydrogen-bond acceptors (Lipinski definition) is 4. The van der Waals surface area contributed by atoms with Gasteiger partial charge in [0.1, 0.15) is 5.82 Å². The first-order valence-electron chi connectivity index (χ1n) is 11.3. The fraction of sp³-hybridized carbons (Fsp3) is 0.417. The van der Waals surface area contributed by atoms with E-state index in [2.05, 4.69) is 10.6 Å². The Morgan fingerprint density at radius 3 is 2.30 bits per heavy atom. The van der Waals surface area contributed by atoms with Crippen molar-refractivity contribution in [3.8, 4) is 0 Å².